The van der Waals surface area contributed by atoms with Gasteiger partial charge in [0, 0.05) is 5.56 Å². The van der Waals surface area contributed by atoms with E-state index < -0.39 is 34.5 Å². The SMILES string of the molecule is CCCOc1ccc(C2OC3(c4ccc(C)cc4)OC(=N)C(C#N)(C3C)C2(C#N)C#N)cc1. The predicted molar refractivity (Wildman–Crippen MR) is 119 cm³/mol. The molecule has 0 aliphatic carbocycles. The molecule has 2 heterocycles. The van der Waals surface area contributed by atoms with Crippen LogP contribution in [0.4, 0.5) is 0 Å². The lowest BCUT2D eigenvalue weighted by Crippen LogP contribution is -2.57. The second kappa shape index (κ2) is 7.93. The topological polar surface area (TPSA) is 123 Å². The Morgan fingerprint density at radius 3 is 2.18 bits per heavy atom. The fraction of sp³-hybridized carbons (Fsp3) is 0.385. The van der Waals surface area contributed by atoms with E-state index in [1.807, 2.05) is 38.1 Å². The van der Waals surface area contributed by atoms with E-state index in [1.165, 1.54) is 0 Å². The number of benzene rings is 2. The zero-order valence-electron chi connectivity index (χ0n) is 18.8. The van der Waals surface area contributed by atoms with Gasteiger partial charge in [-0.15, -0.1) is 0 Å². The van der Waals surface area contributed by atoms with Gasteiger partial charge in [-0.1, -0.05) is 55.8 Å². The average molecular weight is 441 g/mol. The number of hydrogen-bond donors (Lipinski definition) is 1. The highest BCUT2D eigenvalue weighted by atomic mass is 16.7. The van der Waals surface area contributed by atoms with Gasteiger partial charge in [-0.05, 0) is 31.0 Å². The van der Waals surface area contributed by atoms with E-state index in [-0.39, 0.29) is 0 Å². The molecule has 4 atom stereocenters. The highest BCUT2D eigenvalue weighted by Gasteiger charge is 2.79. The zero-order chi connectivity index (χ0) is 23.9. The van der Waals surface area contributed by atoms with E-state index in [0.29, 0.717) is 23.5 Å². The summed E-state index contributed by atoms with van der Waals surface area (Å²) in [5.74, 6) is -2.04. The van der Waals surface area contributed by atoms with E-state index >= 15 is 0 Å². The first-order valence-corrected chi connectivity index (χ1v) is 10.8. The van der Waals surface area contributed by atoms with Crippen molar-refractivity contribution in [1.29, 1.82) is 21.2 Å². The zero-order valence-corrected chi connectivity index (χ0v) is 18.8. The maximum absolute atomic E-state index is 10.4. The second-order valence-electron chi connectivity index (χ2n) is 8.55. The molecule has 4 unspecified atom stereocenters. The number of nitrogens with one attached hydrogen (secondary N) is 1. The van der Waals surface area contributed by atoms with Crippen molar-refractivity contribution in [2.24, 2.45) is 16.7 Å². The number of rotatable bonds is 5. The Kier molecular flexibility index (Phi) is 5.36. The number of aryl methyl sites for hydroxylation is 1. The minimum Gasteiger partial charge on any atom is -0.494 e. The standard InChI is InChI=1S/C26H24N4O3/c1-4-13-31-21-11-7-19(8-12-21)22-24(14-27,15-28)25(16-29)18(3)26(32-22,33-23(25)30)20-9-5-17(2)6-10-20/h5-12,18,22,30H,4,13H2,1-3H3. The van der Waals surface area contributed by atoms with Crippen molar-refractivity contribution in [3.63, 3.8) is 0 Å². The molecule has 0 amide bonds. The lowest BCUT2D eigenvalue weighted by molar-refractivity contribution is -0.288. The van der Waals surface area contributed by atoms with Crippen LogP contribution in [0, 0.1) is 63.1 Å². The molecule has 7 nitrogen and oxygen atoms in total. The fourth-order valence-electron chi connectivity index (χ4n) is 4.91. The number of fused-ring (bicyclic) bond motifs is 2. The van der Waals surface area contributed by atoms with Crippen molar-refractivity contribution in [3.05, 3.63) is 65.2 Å². The third kappa shape index (κ3) is 2.85. The van der Waals surface area contributed by atoms with Crippen LogP contribution in [0.15, 0.2) is 48.5 Å². The van der Waals surface area contributed by atoms with Crippen LogP contribution in [0.1, 0.15) is 43.1 Å². The third-order valence-corrected chi connectivity index (χ3v) is 6.78. The second-order valence-corrected chi connectivity index (χ2v) is 8.55. The molecule has 0 spiro atoms. The van der Waals surface area contributed by atoms with Crippen molar-refractivity contribution in [2.75, 3.05) is 6.61 Å². The van der Waals surface area contributed by atoms with E-state index in [0.717, 1.165) is 12.0 Å². The summed E-state index contributed by atoms with van der Waals surface area (Å²) >= 11 is 0. The van der Waals surface area contributed by atoms with Gasteiger partial charge in [0.05, 0.1) is 30.7 Å². The quantitative estimate of drug-likeness (QED) is 0.706. The molecular weight excluding hydrogens is 416 g/mol. The molecule has 33 heavy (non-hydrogen) atoms. The highest BCUT2D eigenvalue weighted by molar-refractivity contribution is 5.89. The largest absolute Gasteiger partial charge is 0.494 e. The number of nitriles is 3. The van der Waals surface area contributed by atoms with Crippen molar-refractivity contribution >= 4 is 5.90 Å². The number of ether oxygens (including phenoxy) is 3. The summed E-state index contributed by atoms with van der Waals surface area (Å²) < 4.78 is 18.2. The Hall–Kier alpha value is -3.86. The van der Waals surface area contributed by atoms with Crippen LogP contribution in [0.25, 0.3) is 0 Å². The Balaban J connectivity index is 1.92. The summed E-state index contributed by atoms with van der Waals surface area (Å²) in [5, 5.41) is 39.6. The normalized spacial score (nSPS) is 29.3. The molecule has 2 bridgehead atoms. The summed E-state index contributed by atoms with van der Waals surface area (Å²) in [6.45, 7) is 6.23. The van der Waals surface area contributed by atoms with Crippen LogP contribution in [-0.2, 0) is 15.3 Å². The molecule has 0 radical (unpaired) electrons. The number of hydrogen-bond acceptors (Lipinski definition) is 7. The van der Waals surface area contributed by atoms with Crippen LogP contribution in [0.5, 0.6) is 5.75 Å². The molecule has 2 fully saturated rings. The summed E-state index contributed by atoms with van der Waals surface area (Å²) in [4.78, 5) is 0. The van der Waals surface area contributed by atoms with Gasteiger partial charge in [0.2, 0.25) is 17.1 Å². The summed E-state index contributed by atoms with van der Waals surface area (Å²) in [7, 11) is 0. The molecule has 4 rings (SSSR count). The van der Waals surface area contributed by atoms with Gasteiger partial charge in [-0.3, -0.25) is 5.41 Å². The summed E-state index contributed by atoms with van der Waals surface area (Å²) in [6.07, 6.45) is -0.270. The Morgan fingerprint density at radius 1 is 1.00 bits per heavy atom. The maximum atomic E-state index is 10.4. The van der Waals surface area contributed by atoms with E-state index in [4.69, 9.17) is 19.6 Å². The molecule has 0 saturated carbocycles. The fourth-order valence-corrected chi connectivity index (χ4v) is 4.91. The van der Waals surface area contributed by atoms with Gasteiger partial charge in [0.25, 0.3) is 0 Å². The Bertz CT molecular complexity index is 1190. The van der Waals surface area contributed by atoms with Crippen molar-refractivity contribution in [3.8, 4) is 24.0 Å². The lowest BCUT2D eigenvalue weighted by Gasteiger charge is -2.48. The molecule has 2 aliphatic rings. The van der Waals surface area contributed by atoms with E-state index in [2.05, 4.69) is 18.2 Å². The lowest BCUT2D eigenvalue weighted by atomic mass is 9.53. The molecule has 2 aromatic carbocycles. The smallest absolute Gasteiger partial charge is 0.244 e. The van der Waals surface area contributed by atoms with Crippen LogP contribution in [0.3, 0.4) is 0 Å². The molecule has 7 heteroatoms. The molecule has 1 N–H and O–H groups in total. The Morgan fingerprint density at radius 2 is 1.64 bits per heavy atom. The average Bonchev–Trinajstić information content (AvgIpc) is 3.00. The van der Waals surface area contributed by atoms with Gasteiger partial charge >= 0.3 is 0 Å². The molecule has 2 saturated heterocycles. The highest BCUT2D eigenvalue weighted by Crippen LogP contribution is 2.68. The van der Waals surface area contributed by atoms with Gasteiger partial charge in [-0.25, -0.2) is 0 Å². The minimum absolute atomic E-state index is 0.424. The van der Waals surface area contributed by atoms with E-state index in [1.54, 1.807) is 31.2 Å². The van der Waals surface area contributed by atoms with Crippen molar-refractivity contribution < 1.29 is 14.2 Å². The van der Waals surface area contributed by atoms with Crippen molar-refractivity contribution in [2.45, 2.75) is 39.1 Å². The first-order valence-electron chi connectivity index (χ1n) is 10.8. The Labute approximate surface area is 193 Å². The van der Waals surface area contributed by atoms with Gasteiger partial charge in [0.15, 0.2) is 5.41 Å². The van der Waals surface area contributed by atoms with Crippen LogP contribution >= 0.6 is 0 Å². The monoisotopic (exact) mass is 440 g/mol. The first-order chi connectivity index (χ1) is 15.8. The van der Waals surface area contributed by atoms with Crippen LogP contribution < -0.4 is 4.74 Å². The molecular formula is C26H24N4O3. The molecule has 2 aromatic rings. The van der Waals surface area contributed by atoms with E-state index in [9.17, 15) is 15.8 Å². The number of nitrogens with zero attached hydrogens (tertiary/aromatic N) is 3. The first kappa shape index (κ1) is 22.3. The van der Waals surface area contributed by atoms with Gasteiger partial charge in [-0.2, -0.15) is 15.8 Å². The van der Waals surface area contributed by atoms with Gasteiger partial charge < -0.3 is 14.2 Å². The maximum Gasteiger partial charge on any atom is 0.244 e. The third-order valence-electron chi connectivity index (χ3n) is 6.78. The summed E-state index contributed by atoms with van der Waals surface area (Å²) in [5.41, 5.74) is -1.62. The van der Waals surface area contributed by atoms with Crippen LogP contribution in [0.2, 0.25) is 0 Å². The minimum atomic E-state index is -1.99. The molecule has 166 valence electrons. The predicted octanol–water partition coefficient (Wildman–Crippen LogP) is 4.90. The van der Waals surface area contributed by atoms with Gasteiger partial charge in [0.1, 0.15) is 11.9 Å². The summed E-state index contributed by atoms with van der Waals surface area (Å²) in [6, 6.07) is 20.7. The molecule has 0 aromatic heterocycles. The van der Waals surface area contributed by atoms with Crippen molar-refractivity contribution in [1.82, 2.24) is 0 Å². The van der Waals surface area contributed by atoms with Crippen LogP contribution in [-0.4, -0.2) is 12.5 Å². The molecule has 2 aliphatic heterocycles.